The number of hydrogen-bond acceptors (Lipinski definition) is 3. The van der Waals surface area contributed by atoms with Crippen molar-refractivity contribution in [2.75, 3.05) is 26.7 Å². The van der Waals surface area contributed by atoms with Gasteiger partial charge in [-0.2, -0.15) is 0 Å². The summed E-state index contributed by atoms with van der Waals surface area (Å²) in [5, 5.41) is 3.21. The van der Waals surface area contributed by atoms with Crippen LogP contribution in [0, 0.1) is 0 Å². The van der Waals surface area contributed by atoms with Gasteiger partial charge in [0.2, 0.25) is 0 Å². The van der Waals surface area contributed by atoms with Crippen LogP contribution in [-0.2, 0) is 4.74 Å². The van der Waals surface area contributed by atoms with E-state index in [0.29, 0.717) is 18.2 Å². The predicted molar refractivity (Wildman–Crippen MR) is 55.0 cm³/mol. The lowest BCUT2D eigenvalue weighted by atomic mass is 10.2. The van der Waals surface area contributed by atoms with E-state index in [4.69, 9.17) is 4.74 Å². The van der Waals surface area contributed by atoms with Crippen LogP contribution < -0.4 is 5.32 Å². The second kappa shape index (κ2) is 4.94. The highest BCUT2D eigenvalue weighted by atomic mass is 16.5. The van der Waals surface area contributed by atoms with Gasteiger partial charge in [0.25, 0.3) is 0 Å². The first kappa shape index (κ1) is 11.0. The molecular weight excluding hydrogens is 164 g/mol. The van der Waals surface area contributed by atoms with Gasteiger partial charge in [-0.05, 0) is 27.8 Å². The highest BCUT2D eigenvalue weighted by molar-refractivity contribution is 4.78. The van der Waals surface area contributed by atoms with Gasteiger partial charge in [-0.15, -0.1) is 0 Å². The smallest absolute Gasteiger partial charge is 0.0678 e. The van der Waals surface area contributed by atoms with E-state index in [1.165, 1.54) is 0 Å². The van der Waals surface area contributed by atoms with Crippen LogP contribution in [0.25, 0.3) is 0 Å². The fourth-order valence-electron chi connectivity index (χ4n) is 2.00. The second-order valence-corrected chi connectivity index (χ2v) is 4.12. The highest BCUT2D eigenvalue weighted by Gasteiger charge is 2.24. The number of likely N-dealkylation sites (N-methyl/N-ethyl adjacent to an activating group) is 1. The average Bonchev–Trinajstić information content (AvgIpc) is 2.03. The number of rotatable bonds is 3. The van der Waals surface area contributed by atoms with E-state index in [2.05, 4.69) is 31.0 Å². The Labute approximate surface area is 81.4 Å². The summed E-state index contributed by atoms with van der Waals surface area (Å²) < 4.78 is 5.68. The summed E-state index contributed by atoms with van der Waals surface area (Å²) in [6, 6.07) is 0.610. The van der Waals surface area contributed by atoms with Crippen molar-refractivity contribution in [3.05, 3.63) is 0 Å². The molecule has 1 rings (SSSR count). The van der Waals surface area contributed by atoms with Crippen molar-refractivity contribution < 1.29 is 4.74 Å². The molecule has 0 aromatic rings. The van der Waals surface area contributed by atoms with E-state index in [1.54, 1.807) is 0 Å². The molecule has 0 saturated carbocycles. The third-order valence-electron chi connectivity index (χ3n) is 2.57. The van der Waals surface area contributed by atoms with E-state index in [-0.39, 0.29) is 0 Å². The Morgan fingerprint density at radius 3 is 2.38 bits per heavy atom. The van der Waals surface area contributed by atoms with E-state index in [9.17, 15) is 0 Å². The molecule has 3 atom stereocenters. The average molecular weight is 186 g/mol. The van der Waals surface area contributed by atoms with Crippen molar-refractivity contribution in [3.8, 4) is 0 Å². The Morgan fingerprint density at radius 1 is 1.38 bits per heavy atom. The maximum atomic E-state index is 5.68. The molecule has 0 radical (unpaired) electrons. The van der Waals surface area contributed by atoms with E-state index >= 15 is 0 Å². The molecule has 13 heavy (non-hydrogen) atoms. The van der Waals surface area contributed by atoms with Crippen molar-refractivity contribution in [1.82, 2.24) is 10.2 Å². The van der Waals surface area contributed by atoms with Gasteiger partial charge in [-0.1, -0.05) is 0 Å². The van der Waals surface area contributed by atoms with Gasteiger partial charge in [-0.25, -0.2) is 0 Å². The van der Waals surface area contributed by atoms with Crippen molar-refractivity contribution in [2.45, 2.75) is 39.0 Å². The zero-order chi connectivity index (χ0) is 9.84. The summed E-state index contributed by atoms with van der Waals surface area (Å²) in [4.78, 5) is 2.50. The van der Waals surface area contributed by atoms with Gasteiger partial charge in [-0.3, -0.25) is 4.90 Å². The number of ether oxygens (including phenoxy) is 1. The Morgan fingerprint density at radius 2 is 1.92 bits per heavy atom. The van der Waals surface area contributed by atoms with Crippen molar-refractivity contribution in [3.63, 3.8) is 0 Å². The molecule has 0 spiro atoms. The second-order valence-electron chi connectivity index (χ2n) is 4.12. The zero-order valence-corrected chi connectivity index (χ0v) is 9.21. The SMILES string of the molecule is CNCC(C)N1C[C@@H](C)O[C@@H](C)C1. The molecule has 0 bridgehead atoms. The highest BCUT2D eigenvalue weighted by Crippen LogP contribution is 2.12. The lowest BCUT2D eigenvalue weighted by Crippen LogP contribution is -2.51. The third kappa shape index (κ3) is 3.25. The standard InChI is InChI=1S/C10H22N2O/c1-8(5-11-4)12-6-9(2)13-10(3)7-12/h8-11H,5-7H2,1-4H3/t8?,9-,10+. The number of nitrogens with zero attached hydrogens (tertiary/aromatic N) is 1. The Bertz CT molecular complexity index is 142. The summed E-state index contributed by atoms with van der Waals surface area (Å²) in [7, 11) is 2.00. The predicted octanol–water partition coefficient (Wildman–Crippen LogP) is 0.703. The first-order valence-electron chi connectivity index (χ1n) is 5.17. The molecule has 1 fully saturated rings. The maximum Gasteiger partial charge on any atom is 0.0678 e. The Kier molecular flexibility index (Phi) is 4.16. The van der Waals surface area contributed by atoms with Gasteiger partial charge in [0.1, 0.15) is 0 Å². The van der Waals surface area contributed by atoms with Crippen molar-refractivity contribution in [2.24, 2.45) is 0 Å². The Balaban J connectivity index is 2.40. The van der Waals surface area contributed by atoms with Crippen LogP contribution in [-0.4, -0.2) is 49.8 Å². The Hall–Kier alpha value is -0.120. The van der Waals surface area contributed by atoms with E-state index in [0.717, 1.165) is 19.6 Å². The van der Waals surface area contributed by atoms with Crippen molar-refractivity contribution >= 4 is 0 Å². The van der Waals surface area contributed by atoms with Gasteiger partial charge < -0.3 is 10.1 Å². The van der Waals surface area contributed by atoms with E-state index in [1.807, 2.05) is 7.05 Å². The normalized spacial score (nSPS) is 33.2. The molecule has 0 aromatic heterocycles. The minimum absolute atomic E-state index is 0.378. The minimum Gasteiger partial charge on any atom is -0.373 e. The lowest BCUT2D eigenvalue weighted by molar-refractivity contribution is -0.0779. The molecule has 1 unspecified atom stereocenters. The molecular formula is C10H22N2O. The van der Waals surface area contributed by atoms with Crippen molar-refractivity contribution in [1.29, 1.82) is 0 Å². The maximum absolute atomic E-state index is 5.68. The summed E-state index contributed by atoms with van der Waals surface area (Å²) in [6.45, 7) is 9.74. The zero-order valence-electron chi connectivity index (χ0n) is 9.21. The third-order valence-corrected chi connectivity index (χ3v) is 2.57. The summed E-state index contributed by atoms with van der Waals surface area (Å²) in [6.07, 6.45) is 0.756. The molecule has 0 amide bonds. The molecule has 78 valence electrons. The summed E-state index contributed by atoms with van der Waals surface area (Å²) in [5.74, 6) is 0. The molecule has 3 heteroatoms. The number of hydrogen-bond donors (Lipinski definition) is 1. The molecule has 0 aromatic carbocycles. The molecule has 3 nitrogen and oxygen atoms in total. The molecule has 1 aliphatic heterocycles. The van der Waals surface area contributed by atoms with Crippen LogP contribution >= 0.6 is 0 Å². The summed E-state index contributed by atoms with van der Waals surface area (Å²) in [5.41, 5.74) is 0. The molecule has 1 N–H and O–H groups in total. The van der Waals surface area contributed by atoms with Crippen LogP contribution in [0.1, 0.15) is 20.8 Å². The van der Waals surface area contributed by atoms with Gasteiger partial charge in [0.05, 0.1) is 12.2 Å². The van der Waals surface area contributed by atoms with Crippen LogP contribution in [0.15, 0.2) is 0 Å². The number of morpholine rings is 1. The fourth-order valence-corrected chi connectivity index (χ4v) is 2.00. The first-order chi connectivity index (χ1) is 6.13. The largest absolute Gasteiger partial charge is 0.373 e. The van der Waals surface area contributed by atoms with E-state index < -0.39 is 0 Å². The molecule has 1 aliphatic rings. The quantitative estimate of drug-likeness (QED) is 0.702. The molecule has 0 aliphatic carbocycles. The number of nitrogens with one attached hydrogen (secondary N) is 1. The van der Waals surface area contributed by atoms with Crippen LogP contribution in [0.4, 0.5) is 0 Å². The minimum atomic E-state index is 0.378. The van der Waals surface area contributed by atoms with Crippen LogP contribution in [0.5, 0.6) is 0 Å². The lowest BCUT2D eigenvalue weighted by Gasteiger charge is -2.38. The van der Waals surface area contributed by atoms with Gasteiger partial charge in [0.15, 0.2) is 0 Å². The van der Waals surface area contributed by atoms with Gasteiger partial charge in [0, 0.05) is 25.7 Å². The summed E-state index contributed by atoms with van der Waals surface area (Å²) >= 11 is 0. The topological polar surface area (TPSA) is 24.5 Å². The van der Waals surface area contributed by atoms with Gasteiger partial charge >= 0.3 is 0 Å². The van der Waals surface area contributed by atoms with Crippen LogP contribution in [0.2, 0.25) is 0 Å². The monoisotopic (exact) mass is 186 g/mol. The molecule has 1 heterocycles. The molecule has 1 saturated heterocycles. The van der Waals surface area contributed by atoms with Crippen LogP contribution in [0.3, 0.4) is 0 Å². The first-order valence-corrected chi connectivity index (χ1v) is 5.17. The fraction of sp³-hybridized carbons (Fsp3) is 1.00.